The number of piperidine rings is 1. The molecule has 0 aromatic carbocycles. The van der Waals surface area contributed by atoms with E-state index in [0.717, 1.165) is 19.4 Å². The summed E-state index contributed by atoms with van der Waals surface area (Å²) >= 11 is 0. The Morgan fingerprint density at radius 2 is 1.83 bits per heavy atom. The van der Waals surface area contributed by atoms with E-state index in [4.69, 9.17) is 15.2 Å². The van der Waals surface area contributed by atoms with E-state index in [1.807, 2.05) is 0 Å². The third kappa shape index (κ3) is 4.23. The number of likely N-dealkylation sites (tertiary alicyclic amines) is 1. The molecule has 1 aliphatic heterocycles. The highest BCUT2D eigenvalue weighted by atomic mass is 16.5. The van der Waals surface area contributed by atoms with E-state index in [9.17, 15) is 4.79 Å². The van der Waals surface area contributed by atoms with Gasteiger partial charge >= 0.3 is 0 Å². The molecule has 0 aromatic heterocycles. The van der Waals surface area contributed by atoms with Gasteiger partial charge in [0.15, 0.2) is 0 Å². The molecule has 104 valence electrons. The van der Waals surface area contributed by atoms with Crippen molar-refractivity contribution in [3.8, 4) is 0 Å². The molecular formula is C13H24N2O3. The summed E-state index contributed by atoms with van der Waals surface area (Å²) < 4.78 is 11.2. The van der Waals surface area contributed by atoms with E-state index in [1.54, 1.807) is 0 Å². The zero-order valence-corrected chi connectivity index (χ0v) is 11.1. The molecule has 1 saturated heterocycles. The summed E-state index contributed by atoms with van der Waals surface area (Å²) in [6.45, 7) is 3.28. The number of amides is 1. The van der Waals surface area contributed by atoms with Crippen LogP contribution in [0.3, 0.4) is 0 Å². The van der Waals surface area contributed by atoms with Gasteiger partial charge in [0.2, 0.25) is 5.91 Å². The lowest BCUT2D eigenvalue weighted by Crippen LogP contribution is -2.40. The van der Waals surface area contributed by atoms with Gasteiger partial charge < -0.3 is 20.1 Å². The predicted octanol–water partition coefficient (Wildman–Crippen LogP) is 0.378. The molecule has 2 fully saturated rings. The molecule has 5 heteroatoms. The monoisotopic (exact) mass is 256 g/mol. The molecule has 2 rings (SSSR count). The van der Waals surface area contributed by atoms with Crippen LogP contribution in [-0.2, 0) is 14.3 Å². The highest BCUT2D eigenvalue weighted by molar-refractivity contribution is 5.75. The van der Waals surface area contributed by atoms with Crippen LogP contribution in [0.5, 0.6) is 0 Å². The quantitative estimate of drug-likeness (QED) is 0.746. The van der Waals surface area contributed by atoms with Crippen LogP contribution in [0.25, 0.3) is 0 Å². The topological polar surface area (TPSA) is 64.8 Å². The lowest BCUT2D eigenvalue weighted by molar-refractivity contribution is -0.136. The standard InChI is InChI=1S/C13H24N2O3/c1-15-4-2-10(3-5-15)8-17-11-6-12(7-11)18-9-13(14)16/h10-12H,2-9H2,1H3,(H2,14,16). The molecule has 0 spiro atoms. The minimum atomic E-state index is -0.398. The summed E-state index contributed by atoms with van der Waals surface area (Å²) in [6, 6.07) is 0. The molecule has 18 heavy (non-hydrogen) atoms. The van der Waals surface area contributed by atoms with Crippen LogP contribution < -0.4 is 5.73 Å². The van der Waals surface area contributed by atoms with Gasteiger partial charge in [-0.05, 0) is 51.7 Å². The van der Waals surface area contributed by atoms with Crippen LogP contribution in [0.1, 0.15) is 25.7 Å². The molecule has 2 aliphatic rings. The maximum absolute atomic E-state index is 10.5. The van der Waals surface area contributed by atoms with Gasteiger partial charge in [-0.1, -0.05) is 0 Å². The third-order valence-electron chi connectivity index (χ3n) is 3.92. The minimum Gasteiger partial charge on any atom is -0.378 e. The first-order valence-electron chi connectivity index (χ1n) is 6.83. The summed E-state index contributed by atoms with van der Waals surface area (Å²) in [5.41, 5.74) is 5.02. The average molecular weight is 256 g/mol. The van der Waals surface area contributed by atoms with Gasteiger partial charge in [0.25, 0.3) is 0 Å². The number of nitrogens with two attached hydrogens (primary N) is 1. The van der Waals surface area contributed by atoms with Gasteiger partial charge in [0.1, 0.15) is 6.61 Å². The first-order valence-corrected chi connectivity index (χ1v) is 6.83. The fraction of sp³-hybridized carbons (Fsp3) is 0.923. The van der Waals surface area contributed by atoms with Crippen LogP contribution in [0.15, 0.2) is 0 Å². The Hall–Kier alpha value is -0.650. The van der Waals surface area contributed by atoms with E-state index in [1.165, 1.54) is 25.9 Å². The number of hydrogen-bond acceptors (Lipinski definition) is 4. The van der Waals surface area contributed by atoms with Gasteiger partial charge in [-0.15, -0.1) is 0 Å². The van der Waals surface area contributed by atoms with Crippen molar-refractivity contribution in [2.75, 3.05) is 33.4 Å². The van der Waals surface area contributed by atoms with Crippen molar-refractivity contribution in [3.05, 3.63) is 0 Å². The summed E-state index contributed by atoms with van der Waals surface area (Å²) in [6.07, 6.45) is 4.78. The van der Waals surface area contributed by atoms with Crippen molar-refractivity contribution in [1.29, 1.82) is 0 Å². The lowest BCUT2D eigenvalue weighted by Gasteiger charge is -2.36. The van der Waals surface area contributed by atoms with E-state index in [2.05, 4.69) is 11.9 Å². The summed E-state index contributed by atoms with van der Waals surface area (Å²) in [5.74, 6) is 0.317. The molecule has 1 aliphatic carbocycles. The Balaban J connectivity index is 1.51. The van der Waals surface area contributed by atoms with E-state index in [-0.39, 0.29) is 12.7 Å². The Morgan fingerprint density at radius 1 is 1.22 bits per heavy atom. The van der Waals surface area contributed by atoms with Crippen LogP contribution in [0.4, 0.5) is 0 Å². The highest BCUT2D eigenvalue weighted by Gasteiger charge is 2.31. The molecule has 2 N–H and O–H groups in total. The van der Waals surface area contributed by atoms with Gasteiger partial charge in [-0.2, -0.15) is 0 Å². The van der Waals surface area contributed by atoms with E-state index < -0.39 is 5.91 Å². The van der Waals surface area contributed by atoms with Crippen LogP contribution in [0.2, 0.25) is 0 Å². The molecule has 1 amide bonds. The zero-order valence-electron chi connectivity index (χ0n) is 11.1. The number of carbonyl (C=O) groups excluding carboxylic acids is 1. The molecule has 0 atom stereocenters. The Kier molecular flexibility index (Phi) is 4.97. The number of rotatable bonds is 6. The van der Waals surface area contributed by atoms with Crippen LogP contribution >= 0.6 is 0 Å². The largest absolute Gasteiger partial charge is 0.378 e. The smallest absolute Gasteiger partial charge is 0.243 e. The lowest BCUT2D eigenvalue weighted by atomic mass is 9.91. The first kappa shape index (κ1) is 13.8. The average Bonchev–Trinajstić information content (AvgIpc) is 2.28. The van der Waals surface area contributed by atoms with E-state index in [0.29, 0.717) is 12.0 Å². The number of nitrogens with zero attached hydrogens (tertiary/aromatic N) is 1. The minimum absolute atomic E-state index is 0.0341. The molecule has 0 aromatic rings. The molecule has 1 saturated carbocycles. The SMILES string of the molecule is CN1CCC(COC2CC(OCC(N)=O)C2)CC1. The first-order chi connectivity index (χ1) is 8.63. The van der Waals surface area contributed by atoms with Crippen LogP contribution in [0, 0.1) is 5.92 Å². The number of carbonyl (C=O) groups is 1. The Morgan fingerprint density at radius 3 is 2.44 bits per heavy atom. The Bertz CT molecular complexity index is 271. The van der Waals surface area contributed by atoms with Gasteiger partial charge in [0.05, 0.1) is 12.2 Å². The molecular weight excluding hydrogens is 232 g/mol. The number of ether oxygens (including phenoxy) is 2. The second kappa shape index (κ2) is 6.50. The van der Waals surface area contributed by atoms with Crippen molar-refractivity contribution < 1.29 is 14.3 Å². The summed E-state index contributed by atoms with van der Waals surface area (Å²) in [7, 11) is 2.17. The maximum atomic E-state index is 10.5. The van der Waals surface area contributed by atoms with E-state index >= 15 is 0 Å². The molecule has 0 unspecified atom stereocenters. The van der Waals surface area contributed by atoms with Crippen molar-refractivity contribution in [2.45, 2.75) is 37.9 Å². The predicted molar refractivity (Wildman–Crippen MR) is 68.1 cm³/mol. The third-order valence-corrected chi connectivity index (χ3v) is 3.92. The van der Waals surface area contributed by atoms with Crippen molar-refractivity contribution in [1.82, 2.24) is 4.90 Å². The summed E-state index contributed by atoms with van der Waals surface area (Å²) in [5, 5.41) is 0. The van der Waals surface area contributed by atoms with Crippen LogP contribution in [-0.4, -0.2) is 56.4 Å². The van der Waals surface area contributed by atoms with Gasteiger partial charge in [-0.3, -0.25) is 4.79 Å². The van der Waals surface area contributed by atoms with Gasteiger partial charge in [0, 0.05) is 6.61 Å². The molecule has 5 nitrogen and oxygen atoms in total. The highest BCUT2D eigenvalue weighted by Crippen LogP contribution is 2.27. The fourth-order valence-corrected chi connectivity index (χ4v) is 2.49. The van der Waals surface area contributed by atoms with Crippen molar-refractivity contribution in [3.63, 3.8) is 0 Å². The zero-order chi connectivity index (χ0) is 13.0. The molecule has 1 heterocycles. The van der Waals surface area contributed by atoms with Gasteiger partial charge in [-0.25, -0.2) is 0 Å². The maximum Gasteiger partial charge on any atom is 0.243 e. The second-order valence-corrected chi connectivity index (χ2v) is 5.57. The van der Waals surface area contributed by atoms with Crippen molar-refractivity contribution >= 4 is 5.91 Å². The number of hydrogen-bond donors (Lipinski definition) is 1. The van der Waals surface area contributed by atoms with Crippen molar-refractivity contribution in [2.24, 2.45) is 11.7 Å². The normalized spacial score (nSPS) is 30.1. The number of primary amides is 1. The Labute approximate surface area is 109 Å². The fourth-order valence-electron chi connectivity index (χ4n) is 2.49. The molecule has 0 bridgehead atoms. The molecule has 0 radical (unpaired) electrons. The summed E-state index contributed by atoms with van der Waals surface area (Å²) in [4.78, 5) is 12.9. The second-order valence-electron chi connectivity index (χ2n) is 5.57.